The largest absolute Gasteiger partial charge is 0.347 e. The second kappa shape index (κ2) is 6.91. The van der Waals surface area contributed by atoms with Gasteiger partial charge in [0.05, 0.1) is 12.2 Å². The Balaban J connectivity index is 1.93. The van der Waals surface area contributed by atoms with Gasteiger partial charge in [0.1, 0.15) is 0 Å². The Morgan fingerprint density at radius 1 is 1.17 bits per heavy atom. The van der Waals surface area contributed by atoms with Gasteiger partial charge in [-0.2, -0.15) is 0 Å². The number of rotatable bonds is 4. The molecule has 2 N–H and O–H groups in total. The highest BCUT2D eigenvalue weighted by atomic mass is 32.1. The number of aryl methyl sites for hydroxylation is 1. The molecule has 0 saturated heterocycles. The lowest BCUT2D eigenvalue weighted by atomic mass is 9.96. The minimum absolute atomic E-state index is 0.0600. The van der Waals surface area contributed by atoms with Crippen LogP contribution < -0.4 is 10.6 Å². The zero-order valence-corrected chi connectivity index (χ0v) is 14.6. The van der Waals surface area contributed by atoms with E-state index in [1.165, 1.54) is 16.9 Å². The van der Waals surface area contributed by atoms with Gasteiger partial charge < -0.3 is 10.6 Å². The number of hydrogen-bond donors (Lipinski definition) is 2. The van der Waals surface area contributed by atoms with E-state index in [4.69, 9.17) is 0 Å². The van der Waals surface area contributed by atoms with Gasteiger partial charge in [0.25, 0.3) is 0 Å². The summed E-state index contributed by atoms with van der Waals surface area (Å²) in [4.78, 5) is 28.0. The molecule has 0 spiro atoms. The third-order valence-electron chi connectivity index (χ3n) is 3.19. The zero-order valence-electron chi connectivity index (χ0n) is 13.8. The molecule has 0 unspecified atom stereocenters. The maximum Gasteiger partial charge on any atom is 0.245 e. The Labute approximate surface area is 140 Å². The predicted molar refractivity (Wildman–Crippen MR) is 93.4 cm³/mol. The van der Waals surface area contributed by atoms with E-state index < -0.39 is 5.41 Å². The summed E-state index contributed by atoms with van der Waals surface area (Å²) in [5.41, 5.74) is 2.50. The lowest BCUT2D eigenvalue weighted by Crippen LogP contribution is -2.39. The number of amides is 2. The molecule has 2 amide bonds. The van der Waals surface area contributed by atoms with Crippen LogP contribution in [0.15, 0.2) is 29.6 Å². The molecular formula is C17H21N3O2S. The van der Waals surface area contributed by atoms with Crippen LogP contribution >= 0.6 is 11.3 Å². The Hall–Kier alpha value is -2.21. The second-order valence-electron chi connectivity index (χ2n) is 6.38. The molecule has 1 aromatic carbocycles. The van der Waals surface area contributed by atoms with Crippen LogP contribution in [-0.2, 0) is 9.59 Å². The minimum Gasteiger partial charge on any atom is -0.347 e. The lowest BCUT2D eigenvalue weighted by molar-refractivity contribution is -0.130. The molecule has 2 rings (SSSR count). The van der Waals surface area contributed by atoms with Crippen molar-refractivity contribution < 1.29 is 9.59 Å². The first-order valence-corrected chi connectivity index (χ1v) is 8.24. The van der Waals surface area contributed by atoms with Crippen molar-refractivity contribution in [1.29, 1.82) is 0 Å². The fourth-order valence-corrected chi connectivity index (χ4v) is 2.51. The molecule has 0 aliphatic heterocycles. The lowest BCUT2D eigenvalue weighted by Gasteiger charge is -2.17. The first kappa shape index (κ1) is 17.1. The van der Waals surface area contributed by atoms with Gasteiger partial charge >= 0.3 is 0 Å². The van der Waals surface area contributed by atoms with Crippen LogP contribution in [0.2, 0.25) is 0 Å². The quantitative estimate of drug-likeness (QED) is 0.903. The molecule has 0 saturated carbocycles. The molecular weight excluding hydrogens is 310 g/mol. The summed E-state index contributed by atoms with van der Waals surface area (Å²) in [7, 11) is 0. The van der Waals surface area contributed by atoms with Crippen molar-refractivity contribution in [2.24, 2.45) is 5.41 Å². The molecule has 0 aliphatic rings. The van der Waals surface area contributed by atoms with Crippen LogP contribution in [0.3, 0.4) is 0 Å². The van der Waals surface area contributed by atoms with Crippen LogP contribution in [0.1, 0.15) is 26.3 Å². The monoisotopic (exact) mass is 331 g/mol. The Bertz CT molecular complexity index is 699. The number of carbonyl (C=O) groups is 2. The number of benzene rings is 1. The summed E-state index contributed by atoms with van der Waals surface area (Å²) >= 11 is 1.36. The molecule has 0 fully saturated rings. The number of hydrogen-bond acceptors (Lipinski definition) is 4. The summed E-state index contributed by atoms with van der Waals surface area (Å²) in [5, 5.41) is 7.74. The highest BCUT2D eigenvalue weighted by Crippen LogP contribution is 2.25. The molecule has 0 radical (unpaired) electrons. The maximum absolute atomic E-state index is 11.9. The molecule has 0 bridgehead atoms. The topological polar surface area (TPSA) is 71.1 Å². The number of nitrogens with zero attached hydrogens (tertiary/aromatic N) is 1. The molecule has 1 heterocycles. The summed E-state index contributed by atoms with van der Waals surface area (Å²) in [6.07, 6.45) is 0. The molecule has 6 heteroatoms. The number of carbonyl (C=O) groups excluding carboxylic acids is 2. The first-order valence-electron chi connectivity index (χ1n) is 7.36. The van der Waals surface area contributed by atoms with Gasteiger partial charge in [-0.05, 0) is 6.92 Å². The molecule has 1 aromatic heterocycles. The fourth-order valence-electron chi connectivity index (χ4n) is 1.78. The van der Waals surface area contributed by atoms with Crippen LogP contribution in [0.5, 0.6) is 0 Å². The Morgan fingerprint density at radius 2 is 1.83 bits per heavy atom. The van der Waals surface area contributed by atoms with Crippen LogP contribution in [-0.4, -0.2) is 23.3 Å². The third-order valence-corrected chi connectivity index (χ3v) is 3.95. The van der Waals surface area contributed by atoms with Gasteiger partial charge in [0.15, 0.2) is 5.13 Å². The summed E-state index contributed by atoms with van der Waals surface area (Å²) in [6.45, 7) is 7.37. The van der Waals surface area contributed by atoms with Crippen molar-refractivity contribution in [1.82, 2.24) is 10.3 Å². The van der Waals surface area contributed by atoms with Crippen molar-refractivity contribution in [2.45, 2.75) is 27.7 Å². The fraction of sp³-hybridized carbons (Fsp3) is 0.353. The van der Waals surface area contributed by atoms with Crippen molar-refractivity contribution in [3.63, 3.8) is 0 Å². The minimum atomic E-state index is -0.514. The van der Waals surface area contributed by atoms with Gasteiger partial charge in [-0.3, -0.25) is 9.59 Å². The zero-order chi connectivity index (χ0) is 17.0. The van der Waals surface area contributed by atoms with Gasteiger partial charge in [-0.1, -0.05) is 50.6 Å². The molecule has 5 nitrogen and oxygen atoms in total. The van der Waals surface area contributed by atoms with Gasteiger partial charge in [0, 0.05) is 16.4 Å². The Morgan fingerprint density at radius 3 is 2.43 bits per heavy atom. The predicted octanol–water partition coefficient (Wildman–Crippen LogP) is 3.22. The van der Waals surface area contributed by atoms with E-state index in [2.05, 4.69) is 15.6 Å². The SMILES string of the molecule is Cc1ccc(-c2csc(NC(=O)CNC(=O)C(C)(C)C)n2)cc1. The second-order valence-corrected chi connectivity index (χ2v) is 7.24. The standard InChI is InChI=1S/C17H21N3O2S/c1-11-5-7-12(8-6-11)13-10-23-16(19-13)20-14(21)9-18-15(22)17(2,3)4/h5-8,10H,9H2,1-4H3,(H,18,22)(H,19,20,21). The smallest absolute Gasteiger partial charge is 0.245 e. The highest BCUT2D eigenvalue weighted by molar-refractivity contribution is 7.14. The average Bonchev–Trinajstić information content (AvgIpc) is 2.93. The van der Waals surface area contributed by atoms with Gasteiger partial charge in [0.2, 0.25) is 11.8 Å². The number of aromatic nitrogens is 1. The van der Waals surface area contributed by atoms with Crippen LogP contribution in [0.4, 0.5) is 5.13 Å². The summed E-state index contributed by atoms with van der Waals surface area (Å²) in [6, 6.07) is 8.04. The number of anilines is 1. The molecule has 0 aliphatic carbocycles. The molecule has 0 atom stereocenters. The van der Waals surface area contributed by atoms with Gasteiger partial charge in [-0.15, -0.1) is 11.3 Å². The van der Waals surface area contributed by atoms with Crippen molar-refractivity contribution in [3.8, 4) is 11.3 Å². The van der Waals surface area contributed by atoms with Crippen molar-refractivity contribution in [2.75, 3.05) is 11.9 Å². The normalized spacial score (nSPS) is 11.1. The van der Waals surface area contributed by atoms with E-state index in [1.54, 1.807) is 20.8 Å². The Kier molecular flexibility index (Phi) is 5.15. The van der Waals surface area contributed by atoms with E-state index in [-0.39, 0.29) is 18.4 Å². The molecule has 122 valence electrons. The van der Waals surface area contributed by atoms with E-state index in [9.17, 15) is 9.59 Å². The van der Waals surface area contributed by atoms with Crippen LogP contribution in [0.25, 0.3) is 11.3 Å². The summed E-state index contributed by atoms with van der Waals surface area (Å²) in [5.74, 6) is -0.445. The van der Waals surface area contributed by atoms with E-state index in [0.717, 1.165) is 11.3 Å². The van der Waals surface area contributed by atoms with Crippen molar-refractivity contribution >= 4 is 28.3 Å². The van der Waals surface area contributed by atoms with E-state index >= 15 is 0 Å². The molecule has 2 aromatic rings. The van der Waals surface area contributed by atoms with E-state index in [1.807, 2.05) is 36.6 Å². The summed E-state index contributed by atoms with van der Waals surface area (Å²) < 4.78 is 0. The highest BCUT2D eigenvalue weighted by Gasteiger charge is 2.21. The number of nitrogens with one attached hydrogen (secondary N) is 2. The number of thiazole rings is 1. The third kappa shape index (κ3) is 4.89. The van der Waals surface area contributed by atoms with Crippen molar-refractivity contribution in [3.05, 3.63) is 35.2 Å². The van der Waals surface area contributed by atoms with E-state index in [0.29, 0.717) is 5.13 Å². The first-order chi connectivity index (χ1) is 10.8. The average molecular weight is 331 g/mol. The molecule has 23 heavy (non-hydrogen) atoms. The van der Waals surface area contributed by atoms with Gasteiger partial charge in [-0.25, -0.2) is 4.98 Å². The van der Waals surface area contributed by atoms with Crippen LogP contribution in [0, 0.1) is 12.3 Å². The maximum atomic E-state index is 11.9.